The van der Waals surface area contributed by atoms with Crippen molar-refractivity contribution in [1.29, 1.82) is 0 Å². The van der Waals surface area contributed by atoms with Gasteiger partial charge in [0.2, 0.25) is 5.91 Å². The molecule has 0 aliphatic rings. The minimum Gasteiger partial charge on any atom is -0.385 e. The van der Waals surface area contributed by atoms with Crippen molar-refractivity contribution in [2.24, 2.45) is 0 Å². The molecule has 0 fully saturated rings. The van der Waals surface area contributed by atoms with Crippen LogP contribution < -0.4 is 5.32 Å². The second kappa shape index (κ2) is 9.64. The molecule has 1 aromatic heterocycles. The van der Waals surface area contributed by atoms with Gasteiger partial charge in [-0.3, -0.25) is 4.79 Å². The van der Waals surface area contributed by atoms with Crippen molar-refractivity contribution in [2.75, 3.05) is 19.0 Å². The molecule has 1 unspecified atom stereocenters. The Morgan fingerprint density at radius 3 is 2.68 bits per heavy atom. The quantitative estimate of drug-likeness (QED) is 0.503. The summed E-state index contributed by atoms with van der Waals surface area (Å²) in [6, 6.07) is 3.05. The molecule has 25 heavy (non-hydrogen) atoms. The van der Waals surface area contributed by atoms with Gasteiger partial charge < -0.3 is 14.6 Å². The van der Waals surface area contributed by atoms with Crippen molar-refractivity contribution in [2.45, 2.75) is 30.3 Å². The summed E-state index contributed by atoms with van der Waals surface area (Å²) < 4.78 is 6.92. The number of benzene rings is 1. The zero-order valence-electron chi connectivity index (χ0n) is 13.6. The van der Waals surface area contributed by atoms with Gasteiger partial charge in [0, 0.05) is 25.3 Å². The summed E-state index contributed by atoms with van der Waals surface area (Å²) in [5.41, 5.74) is 0.340. The molecule has 0 bridgehead atoms. The first kappa shape index (κ1) is 20.3. The van der Waals surface area contributed by atoms with Crippen LogP contribution in [0.3, 0.4) is 0 Å². The third kappa shape index (κ3) is 5.76. The molecule has 0 saturated heterocycles. The number of nitrogens with zero attached hydrogens (tertiary/aromatic N) is 3. The van der Waals surface area contributed by atoms with E-state index in [2.05, 4.69) is 15.5 Å². The molecule has 6 nitrogen and oxygen atoms in total. The standard InChI is InChI=1S/C15H17Cl3N4O2S/c1-9(25-15-21-19-8-22(15)4-3-5-24-2)14(23)20-13-11(17)6-10(16)7-12(13)18/h6-9H,3-5H2,1-2H3,(H,20,23). The summed E-state index contributed by atoms with van der Waals surface area (Å²) in [4.78, 5) is 12.4. The molecule has 1 atom stereocenters. The summed E-state index contributed by atoms with van der Waals surface area (Å²) in [5, 5.41) is 11.9. The maximum absolute atomic E-state index is 12.4. The summed E-state index contributed by atoms with van der Waals surface area (Å²) >= 11 is 19.4. The highest BCUT2D eigenvalue weighted by Gasteiger charge is 2.20. The molecule has 0 radical (unpaired) electrons. The molecular weight excluding hydrogens is 407 g/mol. The van der Waals surface area contributed by atoms with Crippen LogP contribution in [0.4, 0.5) is 5.69 Å². The Kier molecular flexibility index (Phi) is 7.83. The topological polar surface area (TPSA) is 69.0 Å². The Morgan fingerprint density at radius 1 is 1.36 bits per heavy atom. The van der Waals surface area contributed by atoms with E-state index in [1.54, 1.807) is 20.4 Å². The van der Waals surface area contributed by atoms with Gasteiger partial charge in [-0.2, -0.15) is 0 Å². The summed E-state index contributed by atoms with van der Waals surface area (Å²) in [5.74, 6) is -0.248. The van der Waals surface area contributed by atoms with Crippen LogP contribution in [0.25, 0.3) is 0 Å². The number of carbonyl (C=O) groups excluding carboxylic acids is 1. The van der Waals surface area contributed by atoms with Crippen LogP contribution >= 0.6 is 46.6 Å². The van der Waals surface area contributed by atoms with Crippen molar-refractivity contribution >= 4 is 58.2 Å². The summed E-state index contributed by atoms with van der Waals surface area (Å²) in [6.07, 6.45) is 2.47. The highest BCUT2D eigenvalue weighted by Crippen LogP contribution is 2.34. The number of amides is 1. The van der Waals surface area contributed by atoms with Gasteiger partial charge in [-0.1, -0.05) is 46.6 Å². The lowest BCUT2D eigenvalue weighted by Gasteiger charge is -2.14. The first-order valence-electron chi connectivity index (χ1n) is 7.41. The maximum Gasteiger partial charge on any atom is 0.237 e. The van der Waals surface area contributed by atoms with Gasteiger partial charge in [-0.05, 0) is 25.5 Å². The second-order valence-electron chi connectivity index (χ2n) is 5.15. The highest BCUT2D eigenvalue weighted by atomic mass is 35.5. The Balaban J connectivity index is 2.01. The van der Waals surface area contributed by atoms with E-state index in [9.17, 15) is 4.79 Å². The molecule has 2 rings (SSSR count). The second-order valence-corrected chi connectivity index (χ2v) is 7.71. The Morgan fingerprint density at radius 2 is 2.04 bits per heavy atom. The molecule has 10 heteroatoms. The Bertz CT molecular complexity index is 718. The Hall–Kier alpha value is -0.990. The van der Waals surface area contributed by atoms with Crippen LogP contribution in [0.2, 0.25) is 15.1 Å². The van der Waals surface area contributed by atoms with Crippen LogP contribution in [-0.4, -0.2) is 39.6 Å². The van der Waals surface area contributed by atoms with E-state index in [4.69, 9.17) is 39.5 Å². The minimum atomic E-state index is -0.423. The van der Waals surface area contributed by atoms with Crippen LogP contribution in [0.15, 0.2) is 23.6 Å². The molecular formula is C15H17Cl3N4O2S. The molecule has 0 aliphatic carbocycles. The number of aromatic nitrogens is 3. The van der Waals surface area contributed by atoms with E-state index in [1.807, 2.05) is 4.57 Å². The van der Waals surface area contributed by atoms with Crippen molar-refractivity contribution < 1.29 is 9.53 Å². The van der Waals surface area contributed by atoms with Crippen molar-refractivity contribution in [3.8, 4) is 0 Å². The molecule has 0 aliphatic heterocycles. The lowest BCUT2D eigenvalue weighted by Crippen LogP contribution is -2.23. The predicted molar refractivity (Wildman–Crippen MR) is 102 cm³/mol. The van der Waals surface area contributed by atoms with Gasteiger partial charge in [0.25, 0.3) is 0 Å². The number of hydrogen-bond acceptors (Lipinski definition) is 5. The third-order valence-electron chi connectivity index (χ3n) is 3.23. The van der Waals surface area contributed by atoms with Gasteiger partial charge in [-0.25, -0.2) is 0 Å². The number of halogens is 3. The van der Waals surface area contributed by atoms with Gasteiger partial charge in [0.1, 0.15) is 6.33 Å². The molecule has 2 aromatic rings. The minimum absolute atomic E-state index is 0.248. The SMILES string of the molecule is COCCCn1cnnc1SC(C)C(=O)Nc1c(Cl)cc(Cl)cc1Cl. The number of anilines is 1. The lowest BCUT2D eigenvalue weighted by atomic mass is 10.3. The molecule has 1 heterocycles. The van der Waals surface area contributed by atoms with Crippen molar-refractivity contribution in [3.63, 3.8) is 0 Å². The molecule has 0 spiro atoms. The van der Waals surface area contributed by atoms with Gasteiger partial charge in [-0.15, -0.1) is 10.2 Å². The molecule has 136 valence electrons. The number of thioether (sulfide) groups is 1. The monoisotopic (exact) mass is 422 g/mol. The van der Waals surface area contributed by atoms with E-state index in [0.29, 0.717) is 29.0 Å². The smallest absolute Gasteiger partial charge is 0.237 e. The van der Waals surface area contributed by atoms with Crippen LogP contribution in [0, 0.1) is 0 Å². The van der Waals surface area contributed by atoms with Crippen molar-refractivity contribution in [1.82, 2.24) is 14.8 Å². The number of aryl methyl sites for hydroxylation is 1. The number of rotatable bonds is 8. The van der Waals surface area contributed by atoms with E-state index in [1.165, 1.54) is 23.9 Å². The zero-order chi connectivity index (χ0) is 18.4. The van der Waals surface area contributed by atoms with Crippen molar-refractivity contribution in [3.05, 3.63) is 33.5 Å². The maximum atomic E-state index is 12.4. The Labute approximate surface area is 165 Å². The van der Waals surface area contributed by atoms with E-state index in [0.717, 1.165) is 6.42 Å². The highest BCUT2D eigenvalue weighted by molar-refractivity contribution is 8.00. The number of nitrogens with one attached hydrogen (secondary N) is 1. The van der Waals surface area contributed by atoms with Crippen LogP contribution in [0.5, 0.6) is 0 Å². The first-order valence-corrected chi connectivity index (χ1v) is 9.42. The molecule has 0 saturated carbocycles. The summed E-state index contributed by atoms with van der Waals surface area (Å²) in [7, 11) is 1.65. The van der Waals surface area contributed by atoms with Gasteiger partial charge in [0.05, 0.1) is 21.0 Å². The van der Waals surface area contributed by atoms with Gasteiger partial charge in [0.15, 0.2) is 5.16 Å². The van der Waals surface area contributed by atoms with Gasteiger partial charge >= 0.3 is 0 Å². The largest absolute Gasteiger partial charge is 0.385 e. The number of carbonyl (C=O) groups is 1. The predicted octanol–water partition coefficient (Wildman–Crippen LogP) is 4.39. The van der Waals surface area contributed by atoms with E-state index in [-0.39, 0.29) is 16.0 Å². The molecule has 1 amide bonds. The lowest BCUT2D eigenvalue weighted by molar-refractivity contribution is -0.115. The average molecular weight is 424 g/mol. The number of hydrogen-bond donors (Lipinski definition) is 1. The summed E-state index contributed by atoms with van der Waals surface area (Å²) in [6.45, 7) is 3.13. The number of ether oxygens (including phenoxy) is 1. The average Bonchev–Trinajstić information content (AvgIpc) is 2.98. The van der Waals surface area contributed by atoms with E-state index < -0.39 is 5.25 Å². The third-order valence-corrected chi connectivity index (χ3v) is 5.14. The van der Waals surface area contributed by atoms with E-state index >= 15 is 0 Å². The fourth-order valence-corrected chi connectivity index (χ4v) is 3.73. The fourth-order valence-electron chi connectivity index (χ4n) is 1.97. The van der Waals surface area contributed by atoms with Crippen LogP contribution in [0.1, 0.15) is 13.3 Å². The first-order chi connectivity index (χ1) is 11.9. The molecule has 1 aromatic carbocycles. The number of methoxy groups -OCH3 is 1. The van der Waals surface area contributed by atoms with Crippen LogP contribution in [-0.2, 0) is 16.1 Å². The zero-order valence-corrected chi connectivity index (χ0v) is 16.7. The molecule has 1 N–H and O–H groups in total. The fraction of sp³-hybridized carbons (Fsp3) is 0.400. The normalized spacial score (nSPS) is 12.2.